The second-order valence-electron chi connectivity index (χ2n) is 3.76. The third-order valence-corrected chi connectivity index (χ3v) is 2.89. The number of anilines is 1. The third-order valence-electron chi connectivity index (χ3n) is 2.32. The van der Waals surface area contributed by atoms with Crippen LogP contribution in [0, 0.1) is 0 Å². The van der Waals surface area contributed by atoms with E-state index in [4.69, 9.17) is 28.3 Å². The summed E-state index contributed by atoms with van der Waals surface area (Å²) in [5.41, 5.74) is 0.466. The Morgan fingerprint density at radius 1 is 1.39 bits per heavy atom. The highest BCUT2D eigenvalue weighted by Gasteiger charge is 2.13. The van der Waals surface area contributed by atoms with Gasteiger partial charge in [0.05, 0.1) is 17.3 Å². The van der Waals surface area contributed by atoms with Crippen molar-refractivity contribution in [2.24, 2.45) is 0 Å². The van der Waals surface area contributed by atoms with Gasteiger partial charge in [-0.05, 0) is 24.6 Å². The summed E-state index contributed by atoms with van der Waals surface area (Å²) < 4.78 is 0. The summed E-state index contributed by atoms with van der Waals surface area (Å²) in [6, 6.07) is 4.56. The number of rotatable bonds is 5. The molecule has 100 valence electrons. The molecular formula is C12H16Cl2N2O2. The zero-order valence-corrected chi connectivity index (χ0v) is 11.6. The van der Waals surface area contributed by atoms with Gasteiger partial charge in [0.1, 0.15) is 0 Å². The summed E-state index contributed by atoms with van der Waals surface area (Å²) in [7, 11) is 0. The van der Waals surface area contributed by atoms with Crippen LogP contribution in [0.25, 0.3) is 0 Å². The van der Waals surface area contributed by atoms with Crippen LogP contribution in [0.1, 0.15) is 13.3 Å². The van der Waals surface area contributed by atoms with Gasteiger partial charge in [0.25, 0.3) is 0 Å². The van der Waals surface area contributed by atoms with Crippen LogP contribution in [0.2, 0.25) is 10.0 Å². The monoisotopic (exact) mass is 290 g/mol. The molecule has 0 unspecified atom stereocenters. The highest BCUT2D eigenvalue weighted by Crippen LogP contribution is 2.25. The maximum atomic E-state index is 12.0. The summed E-state index contributed by atoms with van der Waals surface area (Å²) >= 11 is 11.8. The number of aliphatic hydroxyl groups is 1. The topological polar surface area (TPSA) is 52.6 Å². The maximum absolute atomic E-state index is 12.0. The van der Waals surface area contributed by atoms with Gasteiger partial charge in [0, 0.05) is 18.1 Å². The summed E-state index contributed by atoms with van der Waals surface area (Å²) in [6.07, 6.45) is 0.816. The number of carbonyl (C=O) groups is 1. The van der Waals surface area contributed by atoms with Crippen LogP contribution in [-0.4, -0.2) is 35.7 Å². The van der Waals surface area contributed by atoms with Gasteiger partial charge in [-0.3, -0.25) is 0 Å². The maximum Gasteiger partial charge on any atom is 0.321 e. The number of hydrogen-bond donors (Lipinski definition) is 2. The number of hydrogen-bond acceptors (Lipinski definition) is 2. The largest absolute Gasteiger partial charge is 0.395 e. The van der Waals surface area contributed by atoms with Crippen molar-refractivity contribution in [3.63, 3.8) is 0 Å². The SMILES string of the molecule is CCCN(CCO)C(=O)Nc1cc(Cl)ccc1Cl. The molecule has 0 heterocycles. The van der Waals surface area contributed by atoms with Gasteiger partial charge in [-0.25, -0.2) is 4.79 Å². The average molecular weight is 291 g/mol. The molecule has 0 saturated heterocycles. The Bertz CT molecular complexity index is 407. The van der Waals surface area contributed by atoms with E-state index in [0.717, 1.165) is 6.42 Å². The molecule has 1 aromatic rings. The van der Waals surface area contributed by atoms with Gasteiger partial charge < -0.3 is 15.3 Å². The number of urea groups is 1. The molecule has 0 aliphatic rings. The van der Waals surface area contributed by atoms with Crippen molar-refractivity contribution in [2.45, 2.75) is 13.3 Å². The van der Waals surface area contributed by atoms with Crippen molar-refractivity contribution in [1.29, 1.82) is 0 Å². The number of aliphatic hydroxyl groups excluding tert-OH is 1. The van der Waals surface area contributed by atoms with Crippen LogP contribution in [0.3, 0.4) is 0 Å². The molecule has 0 aliphatic carbocycles. The van der Waals surface area contributed by atoms with Crippen LogP contribution in [0.15, 0.2) is 18.2 Å². The lowest BCUT2D eigenvalue weighted by Gasteiger charge is -2.21. The van der Waals surface area contributed by atoms with E-state index in [1.807, 2.05) is 6.92 Å². The molecule has 2 N–H and O–H groups in total. The molecule has 1 aromatic carbocycles. The van der Waals surface area contributed by atoms with E-state index in [0.29, 0.717) is 22.3 Å². The fraction of sp³-hybridized carbons (Fsp3) is 0.417. The minimum atomic E-state index is -0.296. The molecule has 0 saturated carbocycles. The highest BCUT2D eigenvalue weighted by atomic mass is 35.5. The molecule has 2 amide bonds. The third kappa shape index (κ3) is 4.37. The van der Waals surface area contributed by atoms with E-state index < -0.39 is 0 Å². The first-order valence-electron chi connectivity index (χ1n) is 5.70. The van der Waals surface area contributed by atoms with Crippen molar-refractivity contribution >= 4 is 34.9 Å². The van der Waals surface area contributed by atoms with Crippen LogP contribution in [-0.2, 0) is 0 Å². The second-order valence-corrected chi connectivity index (χ2v) is 4.61. The molecule has 6 heteroatoms. The molecular weight excluding hydrogens is 275 g/mol. The molecule has 4 nitrogen and oxygen atoms in total. The molecule has 0 bridgehead atoms. The molecule has 1 rings (SSSR count). The second kappa shape index (κ2) is 7.46. The minimum Gasteiger partial charge on any atom is -0.395 e. The first-order chi connectivity index (χ1) is 8.58. The number of nitrogens with zero attached hydrogens (tertiary/aromatic N) is 1. The zero-order chi connectivity index (χ0) is 13.5. The number of halogens is 2. The van der Waals surface area contributed by atoms with E-state index in [-0.39, 0.29) is 19.2 Å². The fourth-order valence-electron chi connectivity index (χ4n) is 1.49. The van der Waals surface area contributed by atoms with Gasteiger partial charge >= 0.3 is 6.03 Å². The van der Waals surface area contributed by atoms with Gasteiger partial charge in [0.2, 0.25) is 0 Å². The molecule has 0 aromatic heterocycles. The Hall–Kier alpha value is -0.970. The van der Waals surface area contributed by atoms with Crippen molar-refractivity contribution in [2.75, 3.05) is 25.0 Å². The quantitative estimate of drug-likeness (QED) is 0.875. The van der Waals surface area contributed by atoms with Crippen LogP contribution in [0.4, 0.5) is 10.5 Å². The molecule has 0 atom stereocenters. The Balaban J connectivity index is 2.75. The summed E-state index contributed by atoms with van der Waals surface area (Å²) in [5.74, 6) is 0. The Morgan fingerprint density at radius 2 is 2.11 bits per heavy atom. The molecule has 18 heavy (non-hydrogen) atoms. The lowest BCUT2D eigenvalue weighted by molar-refractivity contribution is 0.188. The molecule has 0 radical (unpaired) electrons. The predicted octanol–water partition coefficient (Wildman–Crippen LogP) is 3.23. The molecule has 0 spiro atoms. The van der Waals surface area contributed by atoms with Crippen molar-refractivity contribution < 1.29 is 9.90 Å². The standard InChI is InChI=1S/C12H16Cl2N2O2/c1-2-5-16(6-7-17)12(18)15-11-8-9(13)3-4-10(11)14/h3-4,8,17H,2,5-7H2,1H3,(H,15,18). The average Bonchev–Trinajstić information content (AvgIpc) is 2.33. The molecule has 0 aliphatic heterocycles. The lowest BCUT2D eigenvalue weighted by atomic mass is 10.3. The highest BCUT2D eigenvalue weighted by molar-refractivity contribution is 6.35. The normalized spacial score (nSPS) is 10.2. The van der Waals surface area contributed by atoms with Crippen LogP contribution < -0.4 is 5.32 Å². The Morgan fingerprint density at radius 3 is 2.72 bits per heavy atom. The van der Waals surface area contributed by atoms with Gasteiger partial charge in [-0.1, -0.05) is 30.1 Å². The van der Waals surface area contributed by atoms with Gasteiger partial charge in [0.15, 0.2) is 0 Å². The van der Waals surface area contributed by atoms with Gasteiger partial charge in [-0.15, -0.1) is 0 Å². The fourth-order valence-corrected chi connectivity index (χ4v) is 1.83. The number of carbonyl (C=O) groups excluding carboxylic acids is 1. The summed E-state index contributed by atoms with van der Waals surface area (Å²) in [4.78, 5) is 13.5. The lowest BCUT2D eigenvalue weighted by Crippen LogP contribution is -2.37. The van der Waals surface area contributed by atoms with E-state index >= 15 is 0 Å². The minimum absolute atomic E-state index is 0.0727. The Labute approximate surface area is 116 Å². The van der Waals surface area contributed by atoms with Crippen molar-refractivity contribution in [3.05, 3.63) is 28.2 Å². The van der Waals surface area contributed by atoms with E-state index in [1.165, 1.54) is 4.90 Å². The number of nitrogens with one attached hydrogen (secondary N) is 1. The smallest absolute Gasteiger partial charge is 0.321 e. The Kier molecular flexibility index (Phi) is 6.25. The zero-order valence-electron chi connectivity index (χ0n) is 10.1. The summed E-state index contributed by atoms with van der Waals surface area (Å²) in [5, 5.41) is 12.5. The van der Waals surface area contributed by atoms with E-state index in [1.54, 1.807) is 18.2 Å². The van der Waals surface area contributed by atoms with Crippen LogP contribution in [0.5, 0.6) is 0 Å². The molecule has 0 fully saturated rings. The summed E-state index contributed by atoms with van der Waals surface area (Å²) in [6.45, 7) is 2.75. The van der Waals surface area contributed by atoms with Crippen molar-refractivity contribution in [1.82, 2.24) is 4.90 Å². The van der Waals surface area contributed by atoms with E-state index in [2.05, 4.69) is 5.32 Å². The number of benzene rings is 1. The first kappa shape index (κ1) is 15.1. The predicted molar refractivity (Wildman–Crippen MR) is 74.4 cm³/mol. The van der Waals surface area contributed by atoms with Crippen LogP contribution >= 0.6 is 23.2 Å². The van der Waals surface area contributed by atoms with Gasteiger partial charge in [-0.2, -0.15) is 0 Å². The van der Waals surface area contributed by atoms with Crippen molar-refractivity contribution in [3.8, 4) is 0 Å². The first-order valence-corrected chi connectivity index (χ1v) is 6.46. The van der Waals surface area contributed by atoms with E-state index in [9.17, 15) is 4.79 Å². The number of amides is 2.